The van der Waals surface area contributed by atoms with E-state index in [0.717, 1.165) is 0 Å². The van der Waals surface area contributed by atoms with Crippen molar-refractivity contribution < 1.29 is 9.59 Å². The smallest absolute Gasteiger partial charge is 0.246 e. The van der Waals surface area contributed by atoms with Crippen molar-refractivity contribution in [1.29, 1.82) is 0 Å². The van der Waals surface area contributed by atoms with Crippen molar-refractivity contribution in [2.24, 2.45) is 0 Å². The minimum Gasteiger partial charge on any atom is -0.290 e. The van der Waals surface area contributed by atoms with E-state index in [4.69, 9.17) is 11.6 Å². The lowest BCUT2D eigenvalue weighted by molar-refractivity contribution is -0.114. The Labute approximate surface area is 80.7 Å². The lowest BCUT2D eigenvalue weighted by atomic mass is 10.1. The van der Waals surface area contributed by atoms with Gasteiger partial charge in [-0.05, 0) is 12.1 Å². The van der Waals surface area contributed by atoms with Crippen molar-refractivity contribution in [3.05, 3.63) is 29.0 Å². The highest BCUT2D eigenvalue weighted by Gasteiger charge is 2.14. The molecule has 0 radical (unpaired) electrons. The van der Waals surface area contributed by atoms with E-state index in [-0.39, 0.29) is 12.1 Å². The molecule has 0 bridgehead atoms. The molecule has 4 heteroatoms. The maximum absolute atomic E-state index is 11.2. The lowest BCUT2D eigenvalue weighted by Crippen LogP contribution is -2.13. The fraction of sp³-hybridized carbons (Fsp3) is 0.222. The van der Waals surface area contributed by atoms with Gasteiger partial charge in [-0.25, -0.2) is 0 Å². The minimum absolute atomic E-state index is 0.149. The lowest BCUT2D eigenvalue weighted by Gasteiger charge is -1.96. The van der Waals surface area contributed by atoms with Gasteiger partial charge >= 0.3 is 0 Å². The van der Waals surface area contributed by atoms with Gasteiger partial charge in [-0.1, -0.05) is 18.5 Å². The van der Waals surface area contributed by atoms with Gasteiger partial charge in [0.05, 0.1) is 5.02 Å². The maximum Gasteiger partial charge on any atom is 0.246 e. The zero-order chi connectivity index (χ0) is 9.84. The van der Waals surface area contributed by atoms with Crippen LogP contribution in [0, 0.1) is 0 Å². The van der Waals surface area contributed by atoms with Gasteiger partial charge in [0.25, 0.3) is 0 Å². The number of aromatic nitrogens is 1. The van der Waals surface area contributed by atoms with Crippen LogP contribution in [-0.2, 0) is 4.79 Å². The molecule has 0 aliphatic rings. The van der Waals surface area contributed by atoms with E-state index in [1.54, 1.807) is 6.92 Å². The van der Waals surface area contributed by atoms with Crippen molar-refractivity contribution in [2.45, 2.75) is 13.3 Å². The SMILES string of the molecule is CCC(=O)C(=O)c1ccc(Cl)cn1. The average Bonchev–Trinajstić information content (AvgIpc) is 2.17. The maximum atomic E-state index is 11.2. The van der Waals surface area contributed by atoms with E-state index < -0.39 is 11.6 Å². The third kappa shape index (κ3) is 2.36. The first-order valence-corrected chi connectivity index (χ1v) is 4.22. The molecule has 0 aliphatic carbocycles. The number of hydrogen-bond acceptors (Lipinski definition) is 3. The van der Waals surface area contributed by atoms with E-state index >= 15 is 0 Å². The summed E-state index contributed by atoms with van der Waals surface area (Å²) in [6, 6.07) is 2.98. The summed E-state index contributed by atoms with van der Waals surface area (Å²) in [6.07, 6.45) is 1.54. The predicted octanol–water partition coefficient (Wildman–Crippen LogP) is 1.90. The Kier molecular flexibility index (Phi) is 3.14. The molecule has 0 fully saturated rings. The summed E-state index contributed by atoms with van der Waals surface area (Å²) < 4.78 is 0. The van der Waals surface area contributed by atoms with Crippen LogP contribution in [-0.4, -0.2) is 16.6 Å². The monoisotopic (exact) mass is 197 g/mol. The fourth-order valence-electron chi connectivity index (χ4n) is 0.814. The van der Waals surface area contributed by atoms with E-state index in [1.165, 1.54) is 18.3 Å². The topological polar surface area (TPSA) is 47.0 Å². The Hall–Kier alpha value is -1.22. The second kappa shape index (κ2) is 4.14. The van der Waals surface area contributed by atoms with E-state index in [9.17, 15) is 9.59 Å². The highest BCUT2D eigenvalue weighted by Crippen LogP contribution is 2.07. The molecule has 0 N–H and O–H groups in total. The number of ketones is 2. The number of pyridine rings is 1. The number of rotatable bonds is 3. The van der Waals surface area contributed by atoms with Crippen molar-refractivity contribution in [3.8, 4) is 0 Å². The quantitative estimate of drug-likeness (QED) is 0.549. The Bertz CT molecular complexity index is 332. The van der Waals surface area contributed by atoms with Crippen LogP contribution >= 0.6 is 11.6 Å². The Morgan fingerprint density at radius 2 is 2.15 bits per heavy atom. The number of halogens is 1. The molecule has 0 aromatic carbocycles. The first-order chi connectivity index (χ1) is 6.15. The van der Waals surface area contributed by atoms with E-state index in [0.29, 0.717) is 5.02 Å². The van der Waals surface area contributed by atoms with Gasteiger partial charge in [-0.15, -0.1) is 0 Å². The first-order valence-electron chi connectivity index (χ1n) is 3.84. The van der Waals surface area contributed by atoms with Crippen molar-refractivity contribution in [1.82, 2.24) is 4.98 Å². The van der Waals surface area contributed by atoms with Crippen LogP contribution < -0.4 is 0 Å². The highest BCUT2D eigenvalue weighted by atomic mass is 35.5. The van der Waals surface area contributed by atoms with Crippen LogP contribution in [0.25, 0.3) is 0 Å². The molecular weight excluding hydrogens is 190 g/mol. The van der Waals surface area contributed by atoms with Gasteiger partial charge in [0.15, 0.2) is 0 Å². The van der Waals surface area contributed by atoms with E-state index in [2.05, 4.69) is 4.98 Å². The van der Waals surface area contributed by atoms with Gasteiger partial charge in [-0.3, -0.25) is 14.6 Å². The summed E-state index contributed by atoms with van der Waals surface area (Å²) in [7, 11) is 0. The summed E-state index contributed by atoms with van der Waals surface area (Å²) in [5.74, 6) is -0.992. The number of carbonyl (C=O) groups excluding carboxylic acids is 2. The number of Topliss-reactive ketones (excluding diaryl/α,β-unsaturated/α-hetero) is 2. The van der Waals surface area contributed by atoms with Gasteiger partial charge in [0, 0.05) is 12.6 Å². The third-order valence-corrected chi connectivity index (χ3v) is 1.76. The Morgan fingerprint density at radius 1 is 1.46 bits per heavy atom. The molecule has 1 aromatic heterocycles. The van der Waals surface area contributed by atoms with Crippen molar-refractivity contribution in [3.63, 3.8) is 0 Å². The molecule has 0 aliphatic heterocycles. The second-order valence-electron chi connectivity index (χ2n) is 2.47. The molecule has 0 saturated heterocycles. The summed E-state index contributed by atoms with van der Waals surface area (Å²) in [5, 5.41) is 0.445. The van der Waals surface area contributed by atoms with Gasteiger partial charge in [-0.2, -0.15) is 0 Å². The summed E-state index contributed by atoms with van der Waals surface area (Å²) in [4.78, 5) is 26.0. The molecular formula is C9H8ClNO2. The molecule has 1 rings (SSSR count). The molecule has 0 unspecified atom stereocenters. The number of nitrogens with zero attached hydrogens (tertiary/aromatic N) is 1. The minimum atomic E-state index is -0.556. The van der Waals surface area contributed by atoms with Gasteiger partial charge < -0.3 is 0 Å². The molecule has 1 aromatic rings. The van der Waals surface area contributed by atoms with Crippen LogP contribution in [0.3, 0.4) is 0 Å². The molecule has 0 atom stereocenters. The van der Waals surface area contributed by atoms with Crippen LogP contribution in [0.4, 0.5) is 0 Å². The van der Waals surface area contributed by atoms with Crippen molar-refractivity contribution >= 4 is 23.2 Å². The molecule has 13 heavy (non-hydrogen) atoms. The third-order valence-electron chi connectivity index (χ3n) is 1.53. The highest BCUT2D eigenvalue weighted by molar-refractivity contribution is 6.43. The number of hydrogen-bond donors (Lipinski definition) is 0. The predicted molar refractivity (Wildman–Crippen MR) is 48.9 cm³/mol. The Morgan fingerprint density at radius 3 is 2.62 bits per heavy atom. The molecule has 0 amide bonds. The molecule has 0 spiro atoms. The van der Waals surface area contributed by atoms with Crippen molar-refractivity contribution in [2.75, 3.05) is 0 Å². The van der Waals surface area contributed by atoms with Crippen LogP contribution in [0.5, 0.6) is 0 Å². The summed E-state index contributed by atoms with van der Waals surface area (Å²) in [6.45, 7) is 1.64. The van der Waals surface area contributed by atoms with Crippen LogP contribution in [0.1, 0.15) is 23.8 Å². The van der Waals surface area contributed by atoms with E-state index in [1.807, 2.05) is 0 Å². The fourth-order valence-corrected chi connectivity index (χ4v) is 0.925. The largest absolute Gasteiger partial charge is 0.290 e. The summed E-state index contributed by atoms with van der Waals surface area (Å²) in [5.41, 5.74) is 0.149. The van der Waals surface area contributed by atoms with Crippen LogP contribution in [0.2, 0.25) is 5.02 Å². The molecule has 3 nitrogen and oxygen atoms in total. The zero-order valence-electron chi connectivity index (χ0n) is 7.08. The molecule has 68 valence electrons. The number of carbonyl (C=O) groups is 2. The normalized spacial score (nSPS) is 9.69. The molecule has 0 saturated carbocycles. The average molecular weight is 198 g/mol. The van der Waals surface area contributed by atoms with Gasteiger partial charge in [0.1, 0.15) is 5.69 Å². The first kappa shape index (κ1) is 9.86. The summed E-state index contributed by atoms with van der Waals surface area (Å²) >= 11 is 5.57. The van der Waals surface area contributed by atoms with Crippen LogP contribution in [0.15, 0.2) is 18.3 Å². The Balaban J connectivity index is 2.90. The molecule has 1 heterocycles. The zero-order valence-corrected chi connectivity index (χ0v) is 7.84. The standard InChI is InChI=1S/C9H8ClNO2/c1-2-8(12)9(13)7-4-3-6(10)5-11-7/h3-5H,2H2,1H3. The second-order valence-corrected chi connectivity index (χ2v) is 2.90. The van der Waals surface area contributed by atoms with Gasteiger partial charge in [0.2, 0.25) is 11.6 Å².